The maximum absolute atomic E-state index is 12.8. The Bertz CT molecular complexity index is 637. The number of hydrogen-bond acceptors (Lipinski definition) is 4. The van der Waals surface area contributed by atoms with Gasteiger partial charge in [0.2, 0.25) is 5.91 Å². The molecule has 110 valence electrons. The highest BCUT2D eigenvalue weighted by atomic mass is 19.1. The molecule has 7 heteroatoms. The van der Waals surface area contributed by atoms with Crippen LogP contribution in [0.5, 0.6) is 0 Å². The Labute approximate surface area is 120 Å². The lowest BCUT2D eigenvalue weighted by atomic mass is 10.1. The summed E-state index contributed by atoms with van der Waals surface area (Å²) in [6.45, 7) is -0.0235. The number of anilines is 1. The Balaban J connectivity index is 1.90. The SMILES string of the molecule is COC(=O)Cn1cc(NC(=O)Cc2ccc(F)cc2)cn1. The molecule has 21 heavy (non-hydrogen) atoms. The Kier molecular flexibility index (Phi) is 4.65. The van der Waals surface area contributed by atoms with Crippen molar-refractivity contribution < 1.29 is 18.7 Å². The number of ether oxygens (including phenoxy) is 1. The summed E-state index contributed by atoms with van der Waals surface area (Å²) in [6, 6.07) is 5.71. The normalized spacial score (nSPS) is 10.2. The van der Waals surface area contributed by atoms with Gasteiger partial charge >= 0.3 is 5.97 Å². The number of aromatic nitrogens is 2. The monoisotopic (exact) mass is 291 g/mol. The molecule has 0 aliphatic carbocycles. The first-order chi connectivity index (χ1) is 10.1. The van der Waals surface area contributed by atoms with Crippen LogP contribution in [0.15, 0.2) is 36.7 Å². The first-order valence-electron chi connectivity index (χ1n) is 6.20. The van der Waals surface area contributed by atoms with E-state index in [1.54, 1.807) is 12.1 Å². The number of amides is 1. The largest absolute Gasteiger partial charge is 0.468 e. The maximum Gasteiger partial charge on any atom is 0.327 e. The average molecular weight is 291 g/mol. The van der Waals surface area contributed by atoms with Crippen LogP contribution in [0.1, 0.15) is 5.56 Å². The average Bonchev–Trinajstić information content (AvgIpc) is 2.88. The van der Waals surface area contributed by atoms with Crippen molar-refractivity contribution in [1.29, 1.82) is 0 Å². The van der Waals surface area contributed by atoms with Crippen molar-refractivity contribution in [2.45, 2.75) is 13.0 Å². The number of rotatable bonds is 5. The molecule has 0 aliphatic rings. The van der Waals surface area contributed by atoms with E-state index in [2.05, 4.69) is 15.2 Å². The van der Waals surface area contributed by atoms with Gasteiger partial charge in [-0.25, -0.2) is 4.39 Å². The summed E-state index contributed by atoms with van der Waals surface area (Å²) in [7, 11) is 1.29. The fraction of sp³-hybridized carbons (Fsp3) is 0.214. The van der Waals surface area contributed by atoms with Crippen LogP contribution in [0.4, 0.5) is 10.1 Å². The second kappa shape index (κ2) is 6.65. The molecule has 0 saturated carbocycles. The second-order valence-electron chi connectivity index (χ2n) is 4.35. The van der Waals surface area contributed by atoms with Crippen LogP contribution in [0.2, 0.25) is 0 Å². The van der Waals surface area contributed by atoms with Crippen molar-refractivity contribution in [3.8, 4) is 0 Å². The van der Waals surface area contributed by atoms with E-state index >= 15 is 0 Å². The first-order valence-corrected chi connectivity index (χ1v) is 6.20. The van der Waals surface area contributed by atoms with E-state index in [1.165, 1.54) is 36.3 Å². The fourth-order valence-corrected chi connectivity index (χ4v) is 1.70. The summed E-state index contributed by atoms with van der Waals surface area (Å²) in [5.41, 5.74) is 1.18. The van der Waals surface area contributed by atoms with Crippen molar-refractivity contribution in [2.24, 2.45) is 0 Å². The van der Waals surface area contributed by atoms with Gasteiger partial charge in [0.1, 0.15) is 12.4 Å². The van der Waals surface area contributed by atoms with Gasteiger partial charge in [-0.15, -0.1) is 0 Å². The number of nitrogens with one attached hydrogen (secondary N) is 1. The summed E-state index contributed by atoms with van der Waals surface area (Å²) in [6.07, 6.45) is 3.09. The van der Waals surface area contributed by atoms with Gasteiger partial charge in [0, 0.05) is 6.20 Å². The lowest BCUT2D eigenvalue weighted by Gasteiger charge is -2.02. The minimum atomic E-state index is -0.428. The predicted molar refractivity (Wildman–Crippen MR) is 73.0 cm³/mol. The smallest absolute Gasteiger partial charge is 0.327 e. The molecule has 2 aromatic rings. The van der Waals surface area contributed by atoms with Gasteiger partial charge in [0.25, 0.3) is 0 Å². The van der Waals surface area contributed by atoms with Gasteiger partial charge in [-0.3, -0.25) is 14.3 Å². The zero-order valence-electron chi connectivity index (χ0n) is 11.4. The van der Waals surface area contributed by atoms with E-state index in [1.807, 2.05) is 0 Å². The van der Waals surface area contributed by atoms with Crippen molar-refractivity contribution in [3.05, 3.63) is 48.0 Å². The molecule has 0 bridgehead atoms. The molecular formula is C14H14FN3O3. The summed E-state index contributed by atoms with van der Waals surface area (Å²) >= 11 is 0. The zero-order chi connectivity index (χ0) is 15.2. The number of methoxy groups -OCH3 is 1. The molecule has 0 saturated heterocycles. The summed E-state index contributed by atoms with van der Waals surface area (Å²) in [5.74, 6) is -1.02. The fourth-order valence-electron chi connectivity index (χ4n) is 1.70. The quantitative estimate of drug-likeness (QED) is 0.845. The van der Waals surface area contributed by atoms with E-state index in [0.717, 1.165) is 0 Å². The minimum Gasteiger partial charge on any atom is -0.468 e. The third-order valence-electron chi connectivity index (χ3n) is 2.71. The summed E-state index contributed by atoms with van der Waals surface area (Å²) in [4.78, 5) is 22.9. The van der Waals surface area contributed by atoms with Crippen molar-refractivity contribution in [1.82, 2.24) is 9.78 Å². The van der Waals surface area contributed by atoms with Crippen LogP contribution in [0.3, 0.4) is 0 Å². The van der Waals surface area contributed by atoms with Crippen LogP contribution in [-0.4, -0.2) is 28.8 Å². The van der Waals surface area contributed by atoms with Gasteiger partial charge in [-0.2, -0.15) is 5.10 Å². The third kappa shape index (κ3) is 4.41. The number of nitrogens with zero attached hydrogens (tertiary/aromatic N) is 2. The number of benzene rings is 1. The molecule has 0 spiro atoms. The van der Waals surface area contributed by atoms with Gasteiger partial charge in [-0.05, 0) is 17.7 Å². The Morgan fingerprint density at radius 3 is 2.71 bits per heavy atom. The van der Waals surface area contributed by atoms with Crippen LogP contribution in [0.25, 0.3) is 0 Å². The number of halogens is 1. The van der Waals surface area contributed by atoms with E-state index in [9.17, 15) is 14.0 Å². The molecule has 1 N–H and O–H groups in total. The van der Waals surface area contributed by atoms with E-state index < -0.39 is 5.97 Å². The molecule has 0 fully saturated rings. The van der Waals surface area contributed by atoms with Crippen LogP contribution >= 0.6 is 0 Å². The Hall–Kier alpha value is -2.70. The molecule has 0 unspecified atom stereocenters. The summed E-state index contributed by atoms with van der Waals surface area (Å²) in [5, 5.41) is 6.58. The molecule has 2 rings (SSSR count). The van der Waals surface area contributed by atoms with Crippen molar-refractivity contribution >= 4 is 17.6 Å². The second-order valence-corrected chi connectivity index (χ2v) is 4.35. The van der Waals surface area contributed by atoms with E-state index in [0.29, 0.717) is 11.3 Å². The Morgan fingerprint density at radius 1 is 1.33 bits per heavy atom. The molecule has 0 aliphatic heterocycles. The highest BCUT2D eigenvalue weighted by Gasteiger charge is 2.08. The highest BCUT2D eigenvalue weighted by molar-refractivity contribution is 5.92. The van der Waals surface area contributed by atoms with Gasteiger partial charge in [0.15, 0.2) is 0 Å². The van der Waals surface area contributed by atoms with Gasteiger partial charge < -0.3 is 10.1 Å². The summed E-state index contributed by atoms with van der Waals surface area (Å²) < 4.78 is 18.6. The molecule has 1 amide bonds. The zero-order valence-corrected chi connectivity index (χ0v) is 11.4. The lowest BCUT2D eigenvalue weighted by molar-refractivity contribution is -0.141. The van der Waals surface area contributed by atoms with Crippen molar-refractivity contribution in [3.63, 3.8) is 0 Å². The Morgan fingerprint density at radius 2 is 2.05 bits per heavy atom. The molecule has 0 radical (unpaired) electrons. The standard InChI is InChI=1S/C14H14FN3O3/c1-21-14(20)9-18-8-12(7-16-18)17-13(19)6-10-2-4-11(15)5-3-10/h2-5,7-8H,6,9H2,1H3,(H,17,19). The number of esters is 1. The third-order valence-corrected chi connectivity index (χ3v) is 2.71. The van der Waals surface area contributed by atoms with Crippen LogP contribution in [0, 0.1) is 5.82 Å². The lowest BCUT2D eigenvalue weighted by Crippen LogP contribution is -2.14. The van der Waals surface area contributed by atoms with Gasteiger partial charge in [-0.1, -0.05) is 12.1 Å². The van der Waals surface area contributed by atoms with Crippen molar-refractivity contribution in [2.75, 3.05) is 12.4 Å². The van der Waals surface area contributed by atoms with Crippen LogP contribution < -0.4 is 5.32 Å². The topological polar surface area (TPSA) is 73.2 Å². The number of carbonyl (C=O) groups is 2. The number of hydrogen-bond donors (Lipinski definition) is 1. The highest BCUT2D eigenvalue weighted by Crippen LogP contribution is 2.08. The molecule has 6 nitrogen and oxygen atoms in total. The number of carbonyl (C=O) groups excluding carboxylic acids is 2. The van der Waals surface area contributed by atoms with E-state index in [4.69, 9.17) is 0 Å². The molecule has 1 aromatic heterocycles. The molecular weight excluding hydrogens is 277 g/mol. The first kappa shape index (κ1) is 14.7. The maximum atomic E-state index is 12.8. The van der Waals surface area contributed by atoms with Crippen LogP contribution in [-0.2, 0) is 27.3 Å². The molecule has 1 heterocycles. The molecule has 0 atom stereocenters. The van der Waals surface area contributed by atoms with E-state index in [-0.39, 0.29) is 24.7 Å². The molecule has 1 aromatic carbocycles. The van der Waals surface area contributed by atoms with Gasteiger partial charge in [0.05, 0.1) is 25.4 Å². The predicted octanol–water partition coefficient (Wildman–Crippen LogP) is 1.38. The minimum absolute atomic E-state index is 0.0235.